The minimum Gasteiger partial charge on any atom is -0.491 e. The number of ether oxygens (including phenoxy) is 1. The number of primary amides is 1. The van der Waals surface area contributed by atoms with E-state index in [1.54, 1.807) is 0 Å². The first-order valence-corrected chi connectivity index (χ1v) is 6.37. The fourth-order valence-corrected chi connectivity index (χ4v) is 2.12. The van der Waals surface area contributed by atoms with Gasteiger partial charge in [0.05, 0.1) is 0 Å². The minimum absolute atomic E-state index is 0.157. The van der Waals surface area contributed by atoms with Crippen molar-refractivity contribution in [1.82, 2.24) is 0 Å². The molecule has 2 rings (SSSR count). The van der Waals surface area contributed by atoms with Crippen LogP contribution < -0.4 is 16.2 Å². The molecule has 1 fully saturated rings. The monoisotopic (exact) mass is 248 g/mol. The molecule has 0 aliphatic heterocycles. The average molecular weight is 248 g/mol. The Labute approximate surface area is 107 Å². The molecule has 1 amide bonds. The Kier molecular flexibility index (Phi) is 3.57. The number of para-hydroxylation sites is 1. The van der Waals surface area contributed by atoms with Gasteiger partial charge in [-0.05, 0) is 36.8 Å². The van der Waals surface area contributed by atoms with E-state index < -0.39 is 11.4 Å². The number of amides is 1. The third-order valence-corrected chi connectivity index (χ3v) is 3.58. The second-order valence-electron chi connectivity index (χ2n) is 4.93. The minimum atomic E-state index is -1.03. The highest BCUT2D eigenvalue weighted by atomic mass is 16.5. The number of carbonyl (C=O) groups excluding carboxylic acids is 1. The van der Waals surface area contributed by atoms with Crippen molar-refractivity contribution >= 4 is 5.91 Å². The number of aryl methyl sites for hydroxylation is 1. The van der Waals surface area contributed by atoms with E-state index in [0.717, 1.165) is 30.6 Å². The van der Waals surface area contributed by atoms with E-state index in [1.165, 1.54) is 0 Å². The number of nitrogens with two attached hydrogens (primary N) is 2. The van der Waals surface area contributed by atoms with Crippen molar-refractivity contribution in [1.29, 1.82) is 0 Å². The Bertz CT molecular complexity index is 443. The lowest BCUT2D eigenvalue weighted by Crippen LogP contribution is -2.58. The molecule has 1 saturated carbocycles. The lowest BCUT2D eigenvalue weighted by atomic mass is 9.95. The summed E-state index contributed by atoms with van der Waals surface area (Å²) in [5.74, 6) is 0.486. The summed E-state index contributed by atoms with van der Waals surface area (Å²) in [6.45, 7) is 2.22. The normalized spacial score (nSPS) is 18.1. The maximum absolute atomic E-state index is 11.5. The van der Waals surface area contributed by atoms with Crippen LogP contribution in [0.5, 0.6) is 5.75 Å². The van der Waals surface area contributed by atoms with Gasteiger partial charge in [-0.1, -0.05) is 25.1 Å². The van der Waals surface area contributed by atoms with E-state index in [1.807, 2.05) is 24.3 Å². The van der Waals surface area contributed by atoms with Gasteiger partial charge >= 0.3 is 0 Å². The molecule has 1 aliphatic carbocycles. The molecule has 4 nitrogen and oxygen atoms in total. The maximum atomic E-state index is 11.5. The highest BCUT2D eigenvalue weighted by Gasteiger charge is 2.47. The fourth-order valence-electron chi connectivity index (χ4n) is 2.12. The fraction of sp³-hybridized carbons (Fsp3) is 0.500. The first kappa shape index (κ1) is 12.9. The van der Waals surface area contributed by atoms with E-state index in [9.17, 15) is 4.79 Å². The Balaban J connectivity index is 2.08. The van der Waals surface area contributed by atoms with Crippen LogP contribution >= 0.6 is 0 Å². The van der Waals surface area contributed by atoms with Gasteiger partial charge in [0.1, 0.15) is 17.9 Å². The molecular weight excluding hydrogens is 228 g/mol. The van der Waals surface area contributed by atoms with Gasteiger partial charge in [-0.3, -0.25) is 4.79 Å². The van der Waals surface area contributed by atoms with Crippen LogP contribution in [0.4, 0.5) is 0 Å². The van der Waals surface area contributed by atoms with Crippen molar-refractivity contribution in [2.75, 3.05) is 6.61 Å². The zero-order valence-electron chi connectivity index (χ0n) is 10.7. The van der Waals surface area contributed by atoms with Crippen molar-refractivity contribution in [3.05, 3.63) is 29.8 Å². The van der Waals surface area contributed by atoms with Crippen LogP contribution in [0.1, 0.15) is 25.3 Å². The van der Waals surface area contributed by atoms with Gasteiger partial charge in [0.2, 0.25) is 5.91 Å². The van der Waals surface area contributed by atoms with Gasteiger partial charge in [0, 0.05) is 0 Å². The van der Waals surface area contributed by atoms with Gasteiger partial charge in [0.25, 0.3) is 0 Å². The lowest BCUT2D eigenvalue weighted by Gasteiger charge is -2.26. The molecule has 1 aromatic carbocycles. The standard InChI is InChI=1S/C14H20N2O2/c1-2-10-5-3-4-6-12(10)18-9-14(16,13(15)17)11-7-8-11/h3-6,11H,2,7-9,16H2,1H3,(H2,15,17). The summed E-state index contributed by atoms with van der Waals surface area (Å²) in [5.41, 5.74) is 11.6. The molecule has 0 bridgehead atoms. The molecule has 1 aromatic rings. The maximum Gasteiger partial charge on any atom is 0.241 e. The Hall–Kier alpha value is -1.55. The van der Waals surface area contributed by atoms with Crippen LogP contribution in [0, 0.1) is 5.92 Å². The number of hydrogen-bond acceptors (Lipinski definition) is 3. The first-order chi connectivity index (χ1) is 8.58. The molecule has 0 spiro atoms. The van der Waals surface area contributed by atoms with E-state index in [-0.39, 0.29) is 12.5 Å². The van der Waals surface area contributed by atoms with Crippen LogP contribution in [0.25, 0.3) is 0 Å². The summed E-state index contributed by atoms with van der Waals surface area (Å²) < 4.78 is 5.73. The van der Waals surface area contributed by atoms with Crippen LogP contribution in [-0.2, 0) is 11.2 Å². The molecule has 1 aliphatic rings. The largest absolute Gasteiger partial charge is 0.491 e. The molecule has 0 aromatic heterocycles. The third-order valence-electron chi connectivity index (χ3n) is 3.58. The van der Waals surface area contributed by atoms with Gasteiger partial charge < -0.3 is 16.2 Å². The zero-order valence-corrected chi connectivity index (χ0v) is 10.7. The van der Waals surface area contributed by atoms with E-state index >= 15 is 0 Å². The topological polar surface area (TPSA) is 78.3 Å². The molecular formula is C14H20N2O2. The highest BCUT2D eigenvalue weighted by Crippen LogP contribution is 2.38. The van der Waals surface area contributed by atoms with E-state index in [0.29, 0.717) is 0 Å². The predicted octanol–water partition coefficient (Wildman–Crippen LogP) is 1.22. The number of hydrogen-bond donors (Lipinski definition) is 2. The van der Waals surface area contributed by atoms with Crippen LogP contribution in [0.2, 0.25) is 0 Å². The van der Waals surface area contributed by atoms with Gasteiger partial charge in [-0.25, -0.2) is 0 Å². The van der Waals surface area contributed by atoms with Gasteiger partial charge in [-0.15, -0.1) is 0 Å². The lowest BCUT2D eigenvalue weighted by molar-refractivity contribution is -0.125. The summed E-state index contributed by atoms with van der Waals surface area (Å²) in [7, 11) is 0. The zero-order chi connectivity index (χ0) is 13.2. The number of rotatable bonds is 6. The van der Waals surface area contributed by atoms with Crippen LogP contribution in [0.3, 0.4) is 0 Å². The summed E-state index contributed by atoms with van der Waals surface area (Å²) in [5, 5.41) is 0. The van der Waals surface area contributed by atoms with Gasteiger partial charge in [0.15, 0.2) is 0 Å². The van der Waals surface area contributed by atoms with Crippen LogP contribution in [0.15, 0.2) is 24.3 Å². The van der Waals surface area contributed by atoms with Crippen LogP contribution in [-0.4, -0.2) is 18.1 Å². The molecule has 1 unspecified atom stereocenters. The van der Waals surface area contributed by atoms with E-state index in [4.69, 9.17) is 16.2 Å². The third kappa shape index (κ3) is 2.48. The summed E-state index contributed by atoms with van der Waals surface area (Å²) >= 11 is 0. The first-order valence-electron chi connectivity index (χ1n) is 6.37. The van der Waals surface area contributed by atoms with Crippen molar-refractivity contribution in [3.63, 3.8) is 0 Å². The second-order valence-corrected chi connectivity index (χ2v) is 4.93. The SMILES string of the molecule is CCc1ccccc1OCC(N)(C(N)=O)C1CC1. The summed E-state index contributed by atoms with van der Waals surface area (Å²) in [6, 6.07) is 7.78. The van der Waals surface area contributed by atoms with Crippen molar-refractivity contribution in [3.8, 4) is 5.75 Å². The second kappa shape index (κ2) is 4.98. The molecule has 18 heavy (non-hydrogen) atoms. The van der Waals surface area contributed by atoms with Crippen molar-refractivity contribution in [2.24, 2.45) is 17.4 Å². The molecule has 0 heterocycles. The van der Waals surface area contributed by atoms with Crippen molar-refractivity contribution in [2.45, 2.75) is 31.7 Å². The molecule has 4 heteroatoms. The smallest absolute Gasteiger partial charge is 0.241 e. The Morgan fingerprint density at radius 1 is 1.44 bits per heavy atom. The molecule has 0 radical (unpaired) electrons. The number of carbonyl (C=O) groups is 1. The molecule has 98 valence electrons. The number of benzene rings is 1. The van der Waals surface area contributed by atoms with Gasteiger partial charge in [-0.2, -0.15) is 0 Å². The summed E-state index contributed by atoms with van der Waals surface area (Å²) in [6.07, 6.45) is 2.80. The Morgan fingerprint density at radius 3 is 2.67 bits per heavy atom. The predicted molar refractivity (Wildman–Crippen MR) is 70.2 cm³/mol. The quantitative estimate of drug-likeness (QED) is 0.794. The molecule has 0 saturated heterocycles. The average Bonchev–Trinajstić information content (AvgIpc) is 3.20. The molecule has 1 atom stereocenters. The van der Waals surface area contributed by atoms with E-state index in [2.05, 4.69) is 6.92 Å². The highest BCUT2D eigenvalue weighted by molar-refractivity contribution is 5.85. The van der Waals surface area contributed by atoms with Crippen molar-refractivity contribution < 1.29 is 9.53 Å². The summed E-state index contributed by atoms with van der Waals surface area (Å²) in [4.78, 5) is 11.5. The Morgan fingerprint density at radius 2 is 2.11 bits per heavy atom. The molecule has 4 N–H and O–H groups in total.